The molecule has 2 N–H and O–H groups in total. The van der Waals surface area contributed by atoms with Crippen LogP contribution in [0, 0.1) is 17.2 Å². The lowest BCUT2D eigenvalue weighted by Gasteiger charge is -2.30. The van der Waals surface area contributed by atoms with Crippen LogP contribution in [0.4, 0.5) is 0 Å². The zero-order valence-electron chi connectivity index (χ0n) is 20.9. The Bertz CT molecular complexity index is 1550. The van der Waals surface area contributed by atoms with Gasteiger partial charge in [0.2, 0.25) is 11.8 Å². The van der Waals surface area contributed by atoms with E-state index >= 15 is 0 Å². The monoisotopic (exact) mass is 548 g/mol. The van der Waals surface area contributed by atoms with E-state index in [2.05, 4.69) is 16.4 Å². The molecule has 0 atom stereocenters. The van der Waals surface area contributed by atoms with Crippen molar-refractivity contribution in [1.29, 1.82) is 5.26 Å². The third-order valence-electron chi connectivity index (χ3n) is 7.49. The van der Waals surface area contributed by atoms with Crippen molar-refractivity contribution in [2.45, 2.75) is 39.2 Å². The van der Waals surface area contributed by atoms with Crippen LogP contribution in [0.25, 0.3) is 22.4 Å². The molecule has 38 heavy (non-hydrogen) atoms. The van der Waals surface area contributed by atoms with E-state index in [9.17, 15) is 19.6 Å². The van der Waals surface area contributed by atoms with Crippen molar-refractivity contribution >= 4 is 35.0 Å². The van der Waals surface area contributed by atoms with E-state index in [4.69, 9.17) is 23.2 Å². The molecular formula is C29H26Cl2N4O3. The van der Waals surface area contributed by atoms with Gasteiger partial charge in [0.05, 0.1) is 5.69 Å². The minimum atomic E-state index is -0.485. The number of H-pyrrole nitrogens is 1. The fraction of sp³-hybridized carbons (Fsp3) is 0.310. The molecule has 194 valence electrons. The fourth-order valence-electron chi connectivity index (χ4n) is 5.45. The van der Waals surface area contributed by atoms with Gasteiger partial charge in [0.1, 0.15) is 11.6 Å². The smallest absolute Gasteiger partial charge is 0.266 e. The summed E-state index contributed by atoms with van der Waals surface area (Å²) >= 11 is 12.7. The molecule has 7 nitrogen and oxygen atoms in total. The number of benzene rings is 2. The first-order chi connectivity index (χ1) is 18.3. The van der Waals surface area contributed by atoms with Crippen molar-refractivity contribution < 1.29 is 9.59 Å². The number of hydrogen-bond acceptors (Lipinski definition) is 4. The first-order valence-corrected chi connectivity index (χ1v) is 13.3. The molecule has 0 radical (unpaired) electrons. The molecule has 1 saturated heterocycles. The van der Waals surface area contributed by atoms with Crippen molar-refractivity contribution in [3.8, 4) is 28.5 Å². The SMILES string of the molecule is CC(=O)N1CCC(C(=O)NCc2ccc3c(c2)-c2[nH]c(=O)c(C#N)c(-c4cc(Cl)ccc4Cl)c2CC3)CC1. The van der Waals surface area contributed by atoms with Crippen molar-refractivity contribution in [3.63, 3.8) is 0 Å². The van der Waals surface area contributed by atoms with Gasteiger partial charge in [-0.1, -0.05) is 35.3 Å². The number of pyridine rings is 1. The molecule has 2 aliphatic rings. The van der Waals surface area contributed by atoms with Crippen LogP contribution in [0.1, 0.15) is 42.0 Å². The molecule has 2 aromatic carbocycles. The first-order valence-electron chi connectivity index (χ1n) is 12.6. The zero-order chi connectivity index (χ0) is 27.0. The van der Waals surface area contributed by atoms with Crippen LogP contribution < -0.4 is 10.9 Å². The van der Waals surface area contributed by atoms with Gasteiger partial charge in [0, 0.05) is 59.2 Å². The van der Waals surface area contributed by atoms with Gasteiger partial charge in [-0.15, -0.1) is 0 Å². The number of amides is 2. The highest BCUT2D eigenvalue weighted by atomic mass is 35.5. The maximum Gasteiger partial charge on any atom is 0.266 e. The average Bonchev–Trinajstić information content (AvgIpc) is 2.92. The van der Waals surface area contributed by atoms with E-state index in [0.29, 0.717) is 65.8 Å². The highest BCUT2D eigenvalue weighted by Gasteiger charge is 2.27. The lowest BCUT2D eigenvalue weighted by Crippen LogP contribution is -2.42. The summed E-state index contributed by atoms with van der Waals surface area (Å²) in [6.07, 6.45) is 2.66. The highest BCUT2D eigenvalue weighted by molar-refractivity contribution is 6.35. The van der Waals surface area contributed by atoms with Gasteiger partial charge in [-0.05, 0) is 66.6 Å². The van der Waals surface area contributed by atoms with E-state index in [0.717, 1.165) is 28.7 Å². The van der Waals surface area contributed by atoms with Gasteiger partial charge < -0.3 is 15.2 Å². The summed E-state index contributed by atoms with van der Waals surface area (Å²) in [5.41, 5.74) is 4.94. The van der Waals surface area contributed by atoms with Gasteiger partial charge in [0.25, 0.3) is 5.56 Å². The van der Waals surface area contributed by atoms with E-state index in [1.165, 1.54) is 0 Å². The Labute approximate surface area is 230 Å². The second-order valence-corrected chi connectivity index (χ2v) is 10.6. The maximum absolute atomic E-state index is 13.0. The minimum Gasteiger partial charge on any atom is -0.352 e. The normalized spacial score (nSPS) is 14.8. The molecule has 1 aliphatic carbocycles. The van der Waals surface area contributed by atoms with Gasteiger partial charge in [-0.25, -0.2) is 0 Å². The summed E-state index contributed by atoms with van der Waals surface area (Å²) in [4.78, 5) is 42.1. The number of aromatic amines is 1. The van der Waals surface area contributed by atoms with Crippen LogP contribution in [0.5, 0.6) is 0 Å². The number of carbonyl (C=O) groups excluding carboxylic acids is 2. The second-order valence-electron chi connectivity index (χ2n) is 9.78. The van der Waals surface area contributed by atoms with Crippen molar-refractivity contribution in [3.05, 3.63) is 79.1 Å². The Morgan fingerprint density at radius 1 is 1.11 bits per heavy atom. The Morgan fingerprint density at radius 3 is 2.58 bits per heavy atom. The third-order valence-corrected chi connectivity index (χ3v) is 8.06. The first kappa shape index (κ1) is 26.0. The largest absolute Gasteiger partial charge is 0.352 e. The van der Waals surface area contributed by atoms with Crippen LogP contribution in [-0.2, 0) is 29.0 Å². The standard InChI is InChI=1S/C29H26Cl2N4O3/c1-16(36)35-10-8-19(9-11-35)28(37)33-15-17-2-3-18-4-6-21-26(23-13-20(30)5-7-25(23)31)24(14-32)29(38)34-27(21)22(18)12-17/h2-3,5,7,12-13,19H,4,6,8-11,15H2,1H3,(H,33,37)(H,34,38). The fourth-order valence-corrected chi connectivity index (χ4v) is 5.83. The molecule has 1 aromatic heterocycles. The number of piperidine rings is 1. The summed E-state index contributed by atoms with van der Waals surface area (Å²) in [7, 11) is 0. The average molecular weight is 549 g/mol. The number of carbonyl (C=O) groups is 2. The zero-order valence-corrected chi connectivity index (χ0v) is 22.4. The molecule has 2 amide bonds. The summed E-state index contributed by atoms with van der Waals surface area (Å²) in [6.45, 7) is 3.09. The molecule has 5 rings (SSSR count). The number of nitrogens with zero attached hydrogens (tertiary/aromatic N) is 2. The predicted molar refractivity (Wildman–Crippen MR) is 147 cm³/mol. The molecule has 0 unspecified atom stereocenters. The molecule has 1 fully saturated rings. The van der Waals surface area contributed by atoms with E-state index in [-0.39, 0.29) is 23.3 Å². The maximum atomic E-state index is 13.0. The van der Waals surface area contributed by atoms with Crippen molar-refractivity contribution in [1.82, 2.24) is 15.2 Å². The number of halogens is 2. The number of hydrogen-bond donors (Lipinski definition) is 2. The number of nitrogens with one attached hydrogen (secondary N) is 2. The quantitative estimate of drug-likeness (QED) is 0.485. The Balaban J connectivity index is 1.45. The van der Waals surface area contributed by atoms with Gasteiger partial charge >= 0.3 is 0 Å². The summed E-state index contributed by atoms with van der Waals surface area (Å²) in [5.74, 6) is -0.0927. The summed E-state index contributed by atoms with van der Waals surface area (Å²) in [6, 6.07) is 13.1. The molecule has 9 heteroatoms. The topological polar surface area (TPSA) is 106 Å². The Kier molecular flexibility index (Phi) is 7.29. The number of rotatable bonds is 4. The van der Waals surface area contributed by atoms with Gasteiger partial charge in [0.15, 0.2) is 0 Å². The van der Waals surface area contributed by atoms with E-state index < -0.39 is 5.56 Å². The van der Waals surface area contributed by atoms with Crippen LogP contribution >= 0.6 is 23.2 Å². The Hall–Kier alpha value is -3.60. The number of aryl methyl sites for hydroxylation is 1. The summed E-state index contributed by atoms with van der Waals surface area (Å²) < 4.78 is 0. The molecule has 0 spiro atoms. The second kappa shape index (κ2) is 10.6. The molecule has 2 heterocycles. The van der Waals surface area contributed by atoms with Crippen LogP contribution in [-0.4, -0.2) is 34.8 Å². The number of aromatic nitrogens is 1. The van der Waals surface area contributed by atoms with Crippen LogP contribution in [0.3, 0.4) is 0 Å². The molecular weight excluding hydrogens is 523 g/mol. The Morgan fingerprint density at radius 2 is 1.87 bits per heavy atom. The van der Waals surface area contributed by atoms with Crippen LogP contribution in [0.2, 0.25) is 10.0 Å². The lowest BCUT2D eigenvalue weighted by atomic mass is 9.83. The molecule has 0 bridgehead atoms. The van der Waals surface area contributed by atoms with Crippen LogP contribution in [0.15, 0.2) is 41.2 Å². The van der Waals surface area contributed by atoms with Gasteiger partial charge in [-0.3, -0.25) is 14.4 Å². The molecule has 1 aliphatic heterocycles. The number of likely N-dealkylation sites (tertiary alicyclic amines) is 1. The van der Waals surface area contributed by atoms with Gasteiger partial charge in [-0.2, -0.15) is 5.26 Å². The minimum absolute atomic E-state index is 0.00982. The van der Waals surface area contributed by atoms with E-state index in [1.807, 2.05) is 18.2 Å². The van der Waals surface area contributed by atoms with Crippen molar-refractivity contribution in [2.24, 2.45) is 5.92 Å². The van der Waals surface area contributed by atoms with E-state index in [1.54, 1.807) is 30.0 Å². The number of fused-ring (bicyclic) bond motifs is 3. The predicted octanol–water partition coefficient (Wildman–Crippen LogP) is 4.86. The summed E-state index contributed by atoms with van der Waals surface area (Å²) in [5, 5.41) is 13.7. The number of nitriles is 1. The highest BCUT2D eigenvalue weighted by Crippen LogP contribution is 2.41. The third kappa shape index (κ3) is 4.94. The van der Waals surface area contributed by atoms with Crippen molar-refractivity contribution in [2.75, 3.05) is 13.1 Å². The molecule has 0 saturated carbocycles. The molecule has 3 aromatic rings. The lowest BCUT2D eigenvalue weighted by molar-refractivity contribution is -0.134.